The van der Waals surface area contributed by atoms with Crippen LogP contribution in [0.2, 0.25) is 0 Å². The van der Waals surface area contributed by atoms with Gasteiger partial charge in [-0.1, -0.05) is 12.1 Å². The third-order valence-corrected chi connectivity index (χ3v) is 1.08. The molecular formula is C7H12BN2O2. The Kier molecular flexibility index (Phi) is 5.82. The lowest BCUT2D eigenvalue weighted by Crippen LogP contribution is -2.23. The van der Waals surface area contributed by atoms with Crippen LogP contribution < -0.4 is 10.5 Å². The second-order valence-corrected chi connectivity index (χ2v) is 2.01. The molecule has 4 nitrogen and oxygen atoms in total. The van der Waals surface area contributed by atoms with E-state index in [4.69, 9.17) is 5.11 Å². The van der Waals surface area contributed by atoms with E-state index in [1.807, 2.05) is 0 Å². The van der Waals surface area contributed by atoms with Crippen molar-refractivity contribution in [3.05, 3.63) is 24.3 Å². The maximum atomic E-state index is 10.5. The van der Waals surface area contributed by atoms with Gasteiger partial charge in [0, 0.05) is 6.54 Å². The molecule has 0 saturated carbocycles. The first-order valence-corrected chi connectivity index (χ1v) is 3.51. The highest BCUT2D eigenvalue weighted by atomic mass is 16.4. The number of rotatable bonds is 6. The molecule has 0 amide bonds. The first-order chi connectivity index (χ1) is 5.72. The second kappa shape index (κ2) is 6.48. The van der Waals surface area contributed by atoms with Crippen LogP contribution >= 0.6 is 0 Å². The van der Waals surface area contributed by atoms with Crippen LogP contribution in [-0.4, -0.2) is 32.1 Å². The van der Waals surface area contributed by atoms with Crippen molar-refractivity contribution < 1.29 is 9.90 Å². The number of aliphatic carboxylic acids is 1. The van der Waals surface area contributed by atoms with Crippen molar-refractivity contribution in [1.82, 2.24) is 10.5 Å². The molecule has 0 fully saturated rings. The first-order valence-electron chi connectivity index (χ1n) is 3.51. The molecule has 12 heavy (non-hydrogen) atoms. The lowest BCUT2D eigenvalue weighted by Gasteiger charge is -2.02. The summed E-state index contributed by atoms with van der Waals surface area (Å²) in [4.78, 5) is 10.5. The normalized spacial score (nSPS) is 10.6. The average Bonchev–Trinajstić information content (AvgIpc) is 2.04. The number of carboxylic acid groups (broad SMARTS) is 1. The topological polar surface area (TPSA) is 61.4 Å². The molecule has 0 saturated heterocycles. The average molecular weight is 167 g/mol. The molecule has 0 aliphatic rings. The highest BCUT2D eigenvalue weighted by molar-refractivity contribution is 6.39. The SMILES string of the molecule is C=CCN/C(=C\[B]NC)C(=O)O. The number of carbonyl (C=O) groups is 1. The Labute approximate surface area is 72.6 Å². The van der Waals surface area contributed by atoms with E-state index >= 15 is 0 Å². The van der Waals surface area contributed by atoms with Crippen LogP contribution in [0.4, 0.5) is 0 Å². The van der Waals surface area contributed by atoms with Crippen LogP contribution in [0.25, 0.3) is 0 Å². The summed E-state index contributed by atoms with van der Waals surface area (Å²) in [6, 6.07) is 0. The summed E-state index contributed by atoms with van der Waals surface area (Å²) in [5.41, 5.74) is 0.143. The molecule has 0 bridgehead atoms. The summed E-state index contributed by atoms with van der Waals surface area (Å²) in [7, 11) is 3.24. The van der Waals surface area contributed by atoms with Crippen molar-refractivity contribution in [2.24, 2.45) is 0 Å². The fourth-order valence-electron chi connectivity index (χ4n) is 0.555. The monoisotopic (exact) mass is 167 g/mol. The van der Waals surface area contributed by atoms with Crippen LogP contribution in [0, 0.1) is 0 Å². The fraction of sp³-hybridized carbons (Fsp3) is 0.286. The highest BCUT2D eigenvalue weighted by Crippen LogP contribution is 1.86. The van der Waals surface area contributed by atoms with Gasteiger partial charge in [0.2, 0.25) is 7.41 Å². The zero-order chi connectivity index (χ0) is 9.40. The Morgan fingerprint density at radius 1 is 1.75 bits per heavy atom. The highest BCUT2D eigenvalue weighted by Gasteiger charge is 2.03. The van der Waals surface area contributed by atoms with Gasteiger partial charge in [-0.05, 0) is 7.05 Å². The van der Waals surface area contributed by atoms with Crippen molar-refractivity contribution in [1.29, 1.82) is 0 Å². The molecule has 0 aliphatic heterocycles. The van der Waals surface area contributed by atoms with Gasteiger partial charge in [0.25, 0.3) is 0 Å². The summed E-state index contributed by atoms with van der Waals surface area (Å²) in [6.07, 6.45) is 1.59. The molecule has 0 aromatic rings. The summed E-state index contributed by atoms with van der Waals surface area (Å²) in [5.74, 6) is 0.467. The van der Waals surface area contributed by atoms with Gasteiger partial charge < -0.3 is 15.7 Å². The summed E-state index contributed by atoms with van der Waals surface area (Å²) in [5, 5.41) is 14.0. The minimum atomic E-state index is -0.983. The smallest absolute Gasteiger partial charge is 0.350 e. The van der Waals surface area contributed by atoms with Crippen molar-refractivity contribution in [3.8, 4) is 0 Å². The van der Waals surface area contributed by atoms with E-state index in [9.17, 15) is 4.79 Å². The summed E-state index contributed by atoms with van der Waals surface area (Å²) in [6.45, 7) is 3.90. The molecule has 0 aromatic heterocycles. The molecular weight excluding hydrogens is 155 g/mol. The van der Waals surface area contributed by atoms with Crippen LogP contribution in [0.15, 0.2) is 24.3 Å². The van der Waals surface area contributed by atoms with E-state index < -0.39 is 5.97 Å². The minimum Gasteiger partial charge on any atom is -0.477 e. The third kappa shape index (κ3) is 4.57. The molecule has 0 spiro atoms. The molecule has 0 unspecified atom stereocenters. The van der Waals surface area contributed by atoms with Gasteiger partial charge in [-0.3, -0.25) is 0 Å². The maximum absolute atomic E-state index is 10.5. The second-order valence-electron chi connectivity index (χ2n) is 2.01. The third-order valence-electron chi connectivity index (χ3n) is 1.08. The molecule has 0 rings (SSSR count). The summed E-state index contributed by atoms with van der Waals surface area (Å²) < 4.78 is 0. The van der Waals surface area contributed by atoms with Gasteiger partial charge in [0.1, 0.15) is 5.70 Å². The molecule has 0 aromatic carbocycles. The largest absolute Gasteiger partial charge is 0.477 e. The Morgan fingerprint density at radius 3 is 2.83 bits per heavy atom. The lowest BCUT2D eigenvalue weighted by molar-refractivity contribution is -0.133. The predicted molar refractivity (Wildman–Crippen MR) is 48.7 cm³/mol. The molecule has 3 N–H and O–H groups in total. The molecule has 5 heteroatoms. The minimum absolute atomic E-state index is 0.143. The first kappa shape index (κ1) is 10.8. The maximum Gasteiger partial charge on any atom is 0.350 e. The van der Waals surface area contributed by atoms with Gasteiger partial charge in [-0.15, -0.1) is 6.58 Å². The van der Waals surface area contributed by atoms with Crippen molar-refractivity contribution in [2.45, 2.75) is 0 Å². The van der Waals surface area contributed by atoms with Gasteiger partial charge in [0.05, 0.1) is 0 Å². The molecule has 0 atom stereocenters. The van der Waals surface area contributed by atoms with E-state index in [-0.39, 0.29) is 5.70 Å². The van der Waals surface area contributed by atoms with Crippen LogP contribution in [0.3, 0.4) is 0 Å². The number of carboxylic acids is 1. The Hall–Kier alpha value is -1.23. The quantitative estimate of drug-likeness (QED) is 0.284. The standard InChI is InChI=1S/C7H12BN2O2/c1-3-4-10-6(7(11)12)5-8-9-2/h3,5,9-10H,1,4H2,2H3,(H,11,12)/b6-5-. The Morgan fingerprint density at radius 2 is 2.42 bits per heavy atom. The van der Waals surface area contributed by atoms with Gasteiger partial charge in [-0.25, -0.2) is 4.79 Å². The fourth-order valence-corrected chi connectivity index (χ4v) is 0.555. The van der Waals surface area contributed by atoms with Gasteiger partial charge in [0.15, 0.2) is 0 Å². The number of hydrogen-bond acceptors (Lipinski definition) is 3. The zero-order valence-electron chi connectivity index (χ0n) is 7.00. The van der Waals surface area contributed by atoms with E-state index in [1.54, 1.807) is 20.5 Å². The van der Waals surface area contributed by atoms with E-state index in [1.165, 1.54) is 5.98 Å². The molecule has 65 valence electrons. The van der Waals surface area contributed by atoms with E-state index in [2.05, 4.69) is 17.1 Å². The Balaban J connectivity index is 4.02. The predicted octanol–water partition coefficient (Wildman–Crippen LogP) is -0.473. The summed E-state index contributed by atoms with van der Waals surface area (Å²) >= 11 is 0. The number of hydrogen-bond donors (Lipinski definition) is 3. The van der Waals surface area contributed by atoms with Crippen LogP contribution in [0.1, 0.15) is 0 Å². The van der Waals surface area contributed by atoms with Crippen LogP contribution in [0.5, 0.6) is 0 Å². The van der Waals surface area contributed by atoms with Crippen molar-refractivity contribution >= 4 is 13.4 Å². The van der Waals surface area contributed by atoms with E-state index in [0.29, 0.717) is 6.54 Å². The lowest BCUT2D eigenvalue weighted by atomic mass is 9.94. The van der Waals surface area contributed by atoms with Crippen LogP contribution in [-0.2, 0) is 4.79 Å². The molecule has 0 heterocycles. The van der Waals surface area contributed by atoms with Crippen molar-refractivity contribution in [3.63, 3.8) is 0 Å². The molecule has 1 radical (unpaired) electrons. The Bertz CT molecular complexity index is 192. The van der Waals surface area contributed by atoms with Gasteiger partial charge in [-0.2, -0.15) is 0 Å². The number of nitrogens with one attached hydrogen (secondary N) is 2. The van der Waals surface area contributed by atoms with E-state index in [0.717, 1.165) is 0 Å². The molecule has 0 aliphatic carbocycles. The van der Waals surface area contributed by atoms with Gasteiger partial charge >= 0.3 is 5.97 Å². The van der Waals surface area contributed by atoms with Crippen molar-refractivity contribution in [2.75, 3.05) is 13.6 Å². The zero-order valence-corrected chi connectivity index (χ0v) is 7.00.